The summed E-state index contributed by atoms with van der Waals surface area (Å²) in [6.07, 6.45) is 0. The molecule has 0 bridgehead atoms. The molecule has 2 rings (SSSR count). The quantitative estimate of drug-likeness (QED) is 0.814. The number of amides is 1. The number of methoxy groups -OCH3 is 1. The third kappa shape index (κ3) is 4.79. The van der Waals surface area contributed by atoms with Crippen LogP contribution in [0.5, 0.6) is 11.5 Å². The molecule has 0 saturated carbocycles. The van der Waals surface area contributed by atoms with Gasteiger partial charge in [-0.25, -0.2) is 0 Å². The highest BCUT2D eigenvalue weighted by Crippen LogP contribution is 2.18. The smallest absolute Gasteiger partial charge is 0.251 e. The first-order valence-electron chi connectivity index (χ1n) is 6.49. The number of halogens is 1. The lowest BCUT2D eigenvalue weighted by Gasteiger charge is -2.09. The summed E-state index contributed by atoms with van der Waals surface area (Å²) in [5.41, 5.74) is 0.625. The van der Waals surface area contributed by atoms with E-state index < -0.39 is 0 Å². The summed E-state index contributed by atoms with van der Waals surface area (Å²) in [5.74, 6) is 1.34. The molecule has 1 N–H and O–H groups in total. The van der Waals surface area contributed by atoms with Crippen LogP contribution in [0.3, 0.4) is 0 Å². The van der Waals surface area contributed by atoms with E-state index in [2.05, 4.69) is 21.2 Å². The molecular weight excluding hydrogens is 334 g/mol. The van der Waals surface area contributed by atoms with E-state index in [-0.39, 0.29) is 5.91 Å². The zero-order valence-corrected chi connectivity index (χ0v) is 13.2. The summed E-state index contributed by atoms with van der Waals surface area (Å²) in [5, 5.41) is 2.81. The van der Waals surface area contributed by atoms with Crippen molar-refractivity contribution in [2.24, 2.45) is 0 Å². The number of rotatable bonds is 6. The molecular formula is C16H16BrNO3. The minimum absolute atomic E-state index is 0.114. The van der Waals surface area contributed by atoms with Crippen LogP contribution in [0.2, 0.25) is 0 Å². The first-order chi connectivity index (χ1) is 10.2. The topological polar surface area (TPSA) is 47.6 Å². The molecule has 0 aromatic heterocycles. The maximum atomic E-state index is 11.9. The van der Waals surface area contributed by atoms with Gasteiger partial charge in [-0.2, -0.15) is 0 Å². The van der Waals surface area contributed by atoms with Gasteiger partial charge in [0.15, 0.2) is 0 Å². The van der Waals surface area contributed by atoms with E-state index in [0.29, 0.717) is 24.5 Å². The molecule has 0 spiro atoms. The van der Waals surface area contributed by atoms with Gasteiger partial charge in [0, 0.05) is 16.1 Å². The van der Waals surface area contributed by atoms with Gasteiger partial charge < -0.3 is 14.8 Å². The van der Waals surface area contributed by atoms with Crippen LogP contribution in [0, 0.1) is 0 Å². The summed E-state index contributed by atoms with van der Waals surface area (Å²) in [7, 11) is 1.61. The van der Waals surface area contributed by atoms with Gasteiger partial charge in [-0.05, 0) is 36.4 Å². The second-order valence-corrected chi connectivity index (χ2v) is 5.21. The Morgan fingerprint density at radius 3 is 2.57 bits per heavy atom. The molecule has 21 heavy (non-hydrogen) atoms. The van der Waals surface area contributed by atoms with Gasteiger partial charge in [0.25, 0.3) is 5.91 Å². The average Bonchev–Trinajstić information content (AvgIpc) is 2.52. The van der Waals surface area contributed by atoms with Crippen molar-refractivity contribution in [2.45, 2.75) is 0 Å². The van der Waals surface area contributed by atoms with Crippen LogP contribution in [0.15, 0.2) is 53.0 Å². The van der Waals surface area contributed by atoms with Crippen LogP contribution in [0.1, 0.15) is 10.4 Å². The molecule has 0 unspecified atom stereocenters. The van der Waals surface area contributed by atoms with Crippen molar-refractivity contribution in [1.29, 1.82) is 0 Å². The molecule has 0 aliphatic rings. The predicted octanol–water partition coefficient (Wildman–Crippen LogP) is 3.27. The normalized spacial score (nSPS) is 10.0. The second kappa shape index (κ2) is 7.69. The van der Waals surface area contributed by atoms with Gasteiger partial charge in [-0.1, -0.05) is 22.0 Å². The Morgan fingerprint density at radius 2 is 1.86 bits per heavy atom. The molecule has 0 radical (unpaired) electrons. The Labute approximate surface area is 132 Å². The molecule has 1 amide bonds. The largest absolute Gasteiger partial charge is 0.497 e. The first-order valence-corrected chi connectivity index (χ1v) is 7.29. The van der Waals surface area contributed by atoms with Crippen molar-refractivity contribution in [3.63, 3.8) is 0 Å². The summed E-state index contributed by atoms with van der Waals surface area (Å²) in [6.45, 7) is 0.835. The average molecular weight is 350 g/mol. The Balaban J connectivity index is 1.76. The van der Waals surface area contributed by atoms with Crippen molar-refractivity contribution in [3.8, 4) is 11.5 Å². The van der Waals surface area contributed by atoms with E-state index in [4.69, 9.17) is 9.47 Å². The maximum absolute atomic E-state index is 11.9. The van der Waals surface area contributed by atoms with E-state index >= 15 is 0 Å². The SMILES string of the molecule is COc1cccc(OCCNC(=O)c2ccc(Br)cc2)c1. The van der Waals surface area contributed by atoms with E-state index in [9.17, 15) is 4.79 Å². The van der Waals surface area contributed by atoms with Crippen molar-refractivity contribution in [1.82, 2.24) is 5.32 Å². The van der Waals surface area contributed by atoms with Crippen LogP contribution in [-0.2, 0) is 0 Å². The molecule has 5 heteroatoms. The molecule has 0 atom stereocenters. The third-order valence-electron chi connectivity index (χ3n) is 2.80. The molecule has 0 aliphatic carbocycles. The highest BCUT2D eigenvalue weighted by atomic mass is 79.9. The number of carbonyl (C=O) groups excluding carboxylic acids is 1. The van der Waals surface area contributed by atoms with Gasteiger partial charge in [0.1, 0.15) is 18.1 Å². The Hall–Kier alpha value is -2.01. The van der Waals surface area contributed by atoms with E-state index in [1.807, 2.05) is 30.3 Å². The summed E-state index contributed by atoms with van der Waals surface area (Å²) in [6, 6.07) is 14.6. The maximum Gasteiger partial charge on any atom is 0.251 e. The summed E-state index contributed by atoms with van der Waals surface area (Å²) >= 11 is 3.33. The highest BCUT2D eigenvalue weighted by Gasteiger charge is 2.04. The van der Waals surface area contributed by atoms with Gasteiger partial charge in [-0.3, -0.25) is 4.79 Å². The third-order valence-corrected chi connectivity index (χ3v) is 3.33. The Kier molecular flexibility index (Phi) is 5.63. The minimum Gasteiger partial charge on any atom is -0.497 e. The monoisotopic (exact) mass is 349 g/mol. The fourth-order valence-electron chi connectivity index (χ4n) is 1.73. The Bertz CT molecular complexity index is 599. The fourth-order valence-corrected chi connectivity index (χ4v) is 1.99. The number of hydrogen-bond donors (Lipinski definition) is 1. The molecule has 2 aromatic rings. The van der Waals surface area contributed by atoms with Crippen LogP contribution < -0.4 is 14.8 Å². The Morgan fingerprint density at radius 1 is 1.14 bits per heavy atom. The first kappa shape index (κ1) is 15.4. The van der Waals surface area contributed by atoms with Crippen molar-refractivity contribution < 1.29 is 14.3 Å². The predicted molar refractivity (Wildman–Crippen MR) is 85.0 cm³/mol. The van der Waals surface area contributed by atoms with Crippen LogP contribution in [-0.4, -0.2) is 26.2 Å². The number of nitrogens with one attached hydrogen (secondary N) is 1. The van der Waals surface area contributed by atoms with Crippen molar-refractivity contribution in [3.05, 3.63) is 58.6 Å². The fraction of sp³-hybridized carbons (Fsp3) is 0.188. The number of hydrogen-bond acceptors (Lipinski definition) is 3. The van der Waals surface area contributed by atoms with Gasteiger partial charge >= 0.3 is 0 Å². The summed E-state index contributed by atoms with van der Waals surface area (Å²) < 4.78 is 11.6. The van der Waals surface area contributed by atoms with Gasteiger partial charge in [-0.15, -0.1) is 0 Å². The highest BCUT2D eigenvalue weighted by molar-refractivity contribution is 9.10. The summed E-state index contributed by atoms with van der Waals surface area (Å²) in [4.78, 5) is 11.9. The van der Waals surface area contributed by atoms with Crippen LogP contribution >= 0.6 is 15.9 Å². The number of ether oxygens (including phenoxy) is 2. The molecule has 0 aliphatic heterocycles. The standard InChI is InChI=1S/C16H16BrNO3/c1-20-14-3-2-4-15(11-14)21-10-9-18-16(19)12-5-7-13(17)8-6-12/h2-8,11H,9-10H2,1H3,(H,18,19). The van der Waals surface area contributed by atoms with Gasteiger partial charge in [0.2, 0.25) is 0 Å². The molecule has 110 valence electrons. The number of carbonyl (C=O) groups is 1. The lowest BCUT2D eigenvalue weighted by atomic mass is 10.2. The zero-order chi connectivity index (χ0) is 15.1. The molecule has 0 heterocycles. The van der Waals surface area contributed by atoms with Crippen molar-refractivity contribution in [2.75, 3.05) is 20.3 Å². The van der Waals surface area contributed by atoms with Crippen LogP contribution in [0.25, 0.3) is 0 Å². The second-order valence-electron chi connectivity index (χ2n) is 4.29. The molecule has 0 fully saturated rings. The molecule has 2 aromatic carbocycles. The molecule has 0 saturated heterocycles. The lowest BCUT2D eigenvalue weighted by molar-refractivity contribution is 0.0947. The van der Waals surface area contributed by atoms with Crippen molar-refractivity contribution >= 4 is 21.8 Å². The lowest BCUT2D eigenvalue weighted by Crippen LogP contribution is -2.28. The van der Waals surface area contributed by atoms with E-state index in [1.54, 1.807) is 25.3 Å². The van der Waals surface area contributed by atoms with Gasteiger partial charge in [0.05, 0.1) is 13.7 Å². The van der Waals surface area contributed by atoms with E-state index in [0.717, 1.165) is 10.2 Å². The van der Waals surface area contributed by atoms with E-state index in [1.165, 1.54) is 0 Å². The zero-order valence-electron chi connectivity index (χ0n) is 11.6. The number of benzene rings is 2. The molecule has 4 nitrogen and oxygen atoms in total. The minimum atomic E-state index is -0.114. The van der Waals surface area contributed by atoms with Crippen LogP contribution in [0.4, 0.5) is 0 Å².